The molecule has 2 aromatic rings. The summed E-state index contributed by atoms with van der Waals surface area (Å²) in [5.74, 6) is 0.896. The van der Waals surface area contributed by atoms with Crippen molar-refractivity contribution in [3.63, 3.8) is 0 Å². The molecule has 0 amide bonds. The van der Waals surface area contributed by atoms with Crippen molar-refractivity contribution in [1.82, 2.24) is 4.98 Å². The number of ether oxygens (including phenoxy) is 1. The lowest BCUT2D eigenvalue weighted by molar-refractivity contribution is 0.305. The zero-order valence-electron chi connectivity index (χ0n) is 13.3. The van der Waals surface area contributed by atoms with Gasteiger partial charge in [-0.15, -0.1) is 11.3 Å². The number of thiazole rings is 1. The molecule has 0 saturated heterocycles. The molecule has 0 spiro atoms. The van der Waals surface area contributed by atoms with Gasteiger partial charge in [0.05, 0.1) is 5.69 Å². The molecule has 0 bridgehead atoms. The Balaban J connectivity index is 2.09. The van der Waals surface area contributed by atoms with Gasteiger partial charge in [-0.25, -0.2) is 4.98 Å². The zero-order valence-corrected chi connectivity index (χ0v) is 14.1. The normalized spacial score (nSPS) is 12.4. The summed E-state index contributed by atoms with van der Waals surface area (Å²) in [6, 6.07) is 6.21. The number of hydrogen-bond acceptors (Lipinski definition) is 4. The molecule has 0 aliphatic carbocycles. The fourth-order valence-electron chi connectivity index (χ4n) is 2.20. The summed E-state index contributed by atoms with van der Waals surface area (Å²) in [6.07, 6.45) is 2.07. The van der Waals surface area contributed by atoms with Crippen molar-refractivity contribution in [2.24, 2.45) is 5.73 Å². The average molecular weight is 304 g/mol. The molecule has 114 valence electrons. The third kappa shape index (κ3) is 4.05. The smallest absolute Gasteiger partial charge is 0.140 e. The first kappa shape index (κ1) is 16.0. The van der Waals surface area contributed by atoms with Gasteiger partial charge in [-0.05, 0) is 50.5 Å². The van der Waals surface area contributed by atoms with E-state index in [-0.39, 0.29) is 6.04 Å². The first-order valence-electron chi connectivity index (χ1n) is 7.45. The lowest BCUT2D eigenvalue weighted by atomic mass is 10.1. The molecule has 0 saturated carbocycles. The second-order valence-corrected chi connectivity index (χ2v) is 6.61. The Kier molecular flexibility index (Phi) is 5.37. The van der Waals surface area contributed by atoms with Crippen LogP contribution >= 0.6 is 11.3 Å². The summed E-state index contributed by atoms with van der Waals surface area (Å²) in [5.41, 5.74) is 9.69. The van der Waals surface area contributed by atoms with E-state index in [4.69, 9.17) is 10.5 Å². The largest absolute Gasteiger partial charge is 0.486 e. The fourth-order valence-corrected chi connectivity index (χ4v) is 3.18. The maximum atomic E-state index is 6.03. The van der Waals surface area contributed by atoms with Crippen LogP contribution in [0.2, 0.25) is 0 Å². The van der Waals surface area contributed by atoms with Gasteiger partial charge in [0, 0.05) is 10.9 Å². The molecule has 4 heteroatoms. The lowest BCUT2D eigenvalue weighted by Crippen LogP contribution is -2.05. The van der Waals surface area contributed by atoms with Crippen LogP contribution in [-0.4, -0.2) is 4.98 Å². The van der Waals surface area contributed by atoms with Crippen molar-refractivity contribution in [2.45, 2.75) is 53.2 Å². The van der Waals surface area contributed by atoms with Crippen LogP contribution in [0.15, 0.2) is 18.2 Å². The van der Waals surface area contributed by atoms with Crippen molar-refractivity contribution in [1.29, 1.82) is 0 Å². The number of nitrogens with zero attached hydrogens (tertiary/aromatic N) is 1. The van der Waals surface area contributed by atoms with Gasteiger partial charge in [0.1, 0.15) is 17.4 Å². The van der Waals surface area contributed by atoms with Crippen molar-refractivity contribution in [2.75, 3.05) is 0 Å². The second kappa shape index (κ2) is 7.05. The summed E-state index contributed by atoms with van der Waals surface area (Å²) in [4.78, 5) is 5.88. The van der Waals surface area contributed by atoms with E-state index in [0.717, 1.165) is 29.3 Å². The van der Waals surface area contributed by atoms with Gasteiger partial charge in [0.2, 0.25) is 0 Å². The van der Waals surface area contributed by atoms with Gasteiger partial charge in [-0.3, -0.25) is 0 Å². The predicted molar refractivity (Wildman–Crippen MR) is 89.0 cm³/mol. The number of nitrogens with two attached hydrogens (primary N) is 1. The second-order valence-electron chi connectivity index (χ2n) is 5.49. The quantitative estimate of drug-likeness (QED) is 0.865. The van der Waals surface area contributed by atoms with Gasteiger partial charge in [-0.2, -0.15) is 0 Å². The molecule has 0 radical (unpaired) electrons. The highest BCUT2D eigenvalue weighted by molar-refractivity contribution is 7.11. The van der Waals surface area contributed by atoms with Gasteiger partial charge in [0.15, 0.2) is 0 Å². The van der Waals surface area contributed by atoms with E-state index >= 15 is 0 Å². The predicted octanol–water partition coefficient (Wildman–Crippen LogP) is 4.31. The summed E-state index contributed by atoms with van der Waals surface area (Å²) < 4.78 is 5.86. The molecule has 1 heterocycles. The molecule has 2 rings (SSSR count). The molecular weight excluding hydrogens is 280 g/mol. The van der Waals surface area contributed by atoms with Crippen LogP contribution in [-0.2, 0) is 13.0 Å². The minimum absolute atomic E-state index is 0.0411. The maximum absolute atomic E-state index is 6.03. The average Bonchev–Trinajstić information content (AvgIpc) is 2.84. The van der Waals surface area contributed by atoms with Crippen molar-refractivity contribution < 1.29 is 4.74 Å². The standard InChI is InChI=1S/C17H24N2OS/c1-5-6-15-17(13(4)18)21-16(19-15)10-20-14-8-7-11(2)12(3)9-14/h7-9,13H,5-6,10,18H2,1-4H3. The van der Waals surface area contributed by atoms with Crippen molar-refractivity contribution in [3.8, 4) is 5.75 Å². The van der Waals surface area contributed by atoms with Crippen LogP contribution in [0.25, 0.3) is 0 Å². The maximum Gasteiger partial charge on any atom is 0.140 e. The topological polar surface area (TPSA) is 48.1 Å². The molecule has 1 atom stereocenters. The van der Waals surface area contributed by atoms with E-state index in [1.54, 1.807) is 11.3 Å². The van der Waals surface area contributed by atoms with Crippen molar-refractivity contribution in [3.05, 3.63) is 44.9 Å². The number of aromatic nitrogens is 1. The third-order valence-corrected chi connectivity index (χ3v) is 4.78. The van der Waals surface area contributed by atoms with Gasteiger partial charge in [-0.1, -0.05) is 19.4 Å². The fraction of sp³-hybridized carbons (Fsp3) is 0.471. The van der Waals surface area contributed by atoms with Gasteiger partial charge < -0.3 is 10.5 Å². The summed E-state index contributed by atoms with van der Waals surface area (Å²) in [5, 5.41) is 1.00. The highest BCUT2D eigenvalue weighted by atomic mass is 32.1. The lowest BCUT2D eigenvalue weighted by Gasteiger charge is -2.06. The summed E-state index contributed by atoms with van der Waals surface area (Å²) in [6.45, 7) is 8.89. The first-order chi connectivity index (χ1) is 10.0. The third-order valence-electron chi connectivity index (χ3n) is 3.51. The molecule has 1 aromatic heterocycles. The van der Waals surface area contributed by atoms with E-state index in [2.05, 4.69) is 37.9 Å². The van der Waals surface area contributed by atoms with E-state index in [9.17, 15) is 0 Å². The summed E-state index contributed by atoms with van der Waals surface area (Å²) >= 11 is 1.67. The van der Waals surface area contributed by atoms with Gasteiger partial charge >= 0.3 is 0 Å². The summed E-state index contributed by atoms with van der Waals surface area (Å²) in [7, 11) is 0. The van der Waals surface area contributed by atoms with Crippen LogP contribution in [0.3, 0.4) is 0 Å². The molecule has 2 N–H and O–H groups in total. The number of benzene rings is 1. The van der Waals surface area contributed by atoms with E-state index in [1.165, 1.54) is 16.0 Å². The van der Waals surface area contributed by atoms with Crippen molar-refractivity contribution >= 4 is 11.3 Å². The molecule has 21 heavy (non-hydrogen) atoms. The minimum atomic E-state index is 0.0411. The Morgan fingerprint density at radius 2 is 2.05 bits per heavy atom. The highest BCUT2D eigenvalue weighted by Gasteiger charge is 2.14. The minimum Gasteiger partial charge on any atom is -0.486 e. The first-order valence-corrected chi connectivity index (χ1v) is 8.27. The molecule has 1 unspecified atom stereocenters. The Morgan fingerprint density at radius 3 is 2.67 bits per heavy atom. The Labute approximate surface area is 131 Å². The van der Waals surface area contributed by atoms with Crippen LogP contribution in [0.5, 0.6) is 5.75 Å². The molecule has 0 fully saturated rings. The van der Waals surface area contributed by atoms with Crippen LogP contribution in [0.4, 0.5) is 0 Å². The molecule has 0 aliphatic rings. The molecule has 1 aromatic carbocycles. The number of rotatable bonds is 6. The number of hydrogen-bond donors (Lipinski definition) is 1. The molecule has 3 nitrogen and oxygen atoms in total. The highest BCUT2D eigenvalue weighted by Crippen LogP contribution is 2.26. The molecular formula is C17H24N2OS. The Morgan fingerprint density at radius 1 is 1.29 bits per heavy atom. The van der Waals surface area contributed by atoms with Crippen LogP contribution in [0, 0.1) is 13.8 Å². The van der Waals surface area contributed by atoms with Crippen LogP contribution in [0.1, 0.15) is 53.0 Å². The molecule has 0 aliphatic heterocycles. The number of aryl methyl sites for hydroxylation is 3. The van der Waals surface area contributed by atoms with E-state index < -0.39 is 0 Å². The van der Waals surface area contributed by atoms with E-state index in [0.29, 0.717) is 6.61 Å². The van der Waals surface area contributed by atoms with Crippen LogP contribution < -0.4 is 10.5 Å². The zero-order chi connectivity index (χ0) is 15.4. The Hall–Kier alpha value is -1.39. The Bertz CT molecular complexity index is 605. The SMILES string of the molecule is CCCc1nc(COc2ccc(C)c(C)c2)sc1C(C)N. The van der Waals surface area contributed by atoms with E-state index in [1.807, 2.05) is 13.0 Å². The van der Waals surface area contributed by atoms with Gasteiger partial charge in [0.25, 0.3) is 0 Å². The monoisotopic (exact) mass is 304 g/mol.